The molecule has 0 N–H and O–H groups in total. The van der Waals surface area contributed by atoms with Crippen LogP contribution >= 0.6 is 0 Å². The first-order chi connectivity index (χ1) is 9.29. The summed E-state index contributed by atoms with van der Waals surface area (Å²) in [6.45, 7) is 0.488. The summed E-state index contributed by atoms with van der Waals surface area (Å²) in [4.78, 5) is 19.2. The van der Waals surface area contributed by atoms with Crippen LogP contribution in [0.2, 0.25) is 0 Å². The fourth-order valence-corrected chi connectivity index (χ4v) is 1.55. The van der Waals surface area contributed by atoms with Crippen LogP contribution in [0.15, 0.2) is 42.7 Å². The zero-order chi connectivity index (χ0) is 13.5. The van der Waals surface area contributed by atoms with Crippen molar-refractivity contribution in [3.8, 4) is 6.01 Å². The molecule has 0 aliphatic rings. The maximum absolute atomic E-state index is 11.3. The first kappa shape index (κ1) is 13.0. The number of carbonyl (C=O) groups is 1. The van der Waals surface area contributed by atoms with Gasteiger partial charge in [0.2, 0.25) is 0 Å². The monoisotopic (exact) mass is 258 g/mol. The molecule has 19 heavy (non-hydrogen) atoms. The van der Waals surface area contributed by atoms with Crippen molar-refractivity contribution in [3.05, 3.63) is 53.9 Å². The third-order valence-corrected chi connectivity index (χ3v) is 2.54. The van der Waals surface area contributed by atoms with Gasteiger partial charge in [-0.1, -0.05) is 12.1 Å². The molecule has 98 valence electrons. The minimum Gasteiger partial charge on any atom is -0.465 e. The lowest BCUT2D eigenvalue weighted by Gasteiger charge is -2.04. The molecule has 0 aliphatic carbocycles. The highest BCUT2D eigenvalue weighted by atomic mass is 16.5. The van der Waals surface area contributed by atoms with E-state index in [0.29, 0.717) is 18.2 Å². The van der Waals surface area contributed by atoms with Crippen LogP contribution in [0.25, 0.3) is 0 Å². The molecule has 1 aromatic carbocycles. The van der Waals surface area contributed by atoms with Gasteiger partial charge in [0.05, 0.1) is 19.3 Å². The molecule has 1 heterocycles. The predicted octanol–water partition coefficient (Wildman–Crippen LogP) is 1.88. The molecule has 1 aromatic heterocycles. The van der Waals surface area contributed by atoms with E-state index in [0.717, 1.165) is 12.0 Å². The summed E-state index contributed by atoms with van der Waals surface area (Å²) in [5, 5.41) is 0. The molecule has 0 saturated carbocycles. The molecule has 0 fully saturated rings. The van der Waals surface area contributed by atoms with Gasteiger partial charge < -0.3 is 9.47 Å². The topological polar surface area (TPSA) is 61.3 Å². The van der Waals surface area contributed by atoms with E-state index in [-0.39, 0.29) is 5.97 Å². The van der Waals surface area contributed by atoms with E-state index in [1.54, 1.807) is 30.6 Å². The molecular weight excluding hydrogens is 244 g/mol. The van der Waals surface area contributed by atoms with Crippen LogP contribution in [-0.2, 0) is 11.2 Å². The zero-order valence-corrected chi connectivity index (χ0v) is 10.6. The number of rotatable bonds is 5. The second-order valence-electron chi connectivity index (χ2n) is 3.82. The summed E-state index contributed by atoms with van der Waals surface area (Å²) in [5.74, 6) is -0.333. The normalized spacial score (nSPS) is 9.95. The Morgan fingerprint density at radius 3 is 2.47 bits per heavy atom. The van der Waals surface area contributed by atoms with Gasteiger partial charge in [0.25, 0.3) is 0 Å². The van der Waals surface area contributed by atoms with Gasteiger partial charge in [-0.2, -0.15) is 0 Å². The van der Waals surface area contributed by atoms with Gasteiger partial charge in [-0.05, 0) is 23.8 Å². The number of aromatic nitrogens is 2. The summed E-state index contributed by atoms with van der Waals surface area (Å²) in [6, 6.07) is 9.33. The summed E-state index contributed by atoms with van der Waals surface area (Å²) in [6.07, 6.45) is 3.99. The number of hydrogen-bond donors (Lipinski definition) is 0. The Morgan fingerprint density at radius 1 is 1.16 bits per heavy atom. The zero-order valence-electron chi connectivity index (χ0n) is 10.6. The van der Waals surface area contributed by atoms with Crippen molar-refractivity contribution in [3.63, 3.8) is 0 Å². The number of carbonyl (C=O) groups excluding carboxylic acids is 1. The van der Waals surface area contributed by atoms with E-state index in [4.69, 9.17) is 4.74 Å². The van der Waals surface area contributed by atoms with Crippen molar-refractivity contribution < 1.29 is 14.3 Å². The van der Waals surface area contributed by atoms with Gasteiger partial charge in [-0.25, -0.2) is 14.8 Å². The van der Waals surface area contributed by atoms with Crippen LogP contribution in [0, 0.1) is 0 Å². The highest BCUT2D eigenvalue weighted by molar-refractivity contribution is 5.89. The average molecular weight is 258 g/mol. The number of esters is 1. The molecule has 0 amide bonds. The smallest absolute Gasteiger partial charge is 0.337 e. The SMILES string of the molecule is COC(=O)c1ccc(CCOc2ncccn2)cc1. The maximum atomic E-state index is 11.3. The van der Waals surface area contributed by atoms with E-state index in [2.05, 4.69) is 14.7 Å². The molecule has 5 nitrogen and oxygen atoms in total. The molecule has 2 aromatic rings. The number of ether oxygens (including phenoxy) is 2. The molecule has 5 heteroatoms. The van der Waals surface area contributed by atoms with E-state index in [1.165, 1.54) is 7.11 Å². The van der Waals surface area contributed by atoms with E-state index >= 15 is 0 Å². The highest BCUT2D eigenvalue weighted by Gasteiger charge is 2.04. The lowest BCUT2D eigenvalue weighted by molar-refractivity contribution is 0.0600. The van der Waals surface area contributed by atoms with Crippen molar-refractivity contribution in [2.24, 2.45) is 0 Å². The van der Waals surface area contributed by atoms with Gasteiger partial charge in [0.1, 0.15) is 0 Å². The molecule has 0 bridgehead atoms. The Hall–Kier alpha value is -2.43. The summed E-state index contributed by atoms with van der Waals surface area (Å²) in [7, 11) is 1.37. The highest BCUT2D eigenvalue weighted by Crippen LogP contribution is 2.07. The third-order valence-electron chi connectivity index (χ3n) is 2.54. The Labute approximate surface area is 111 Å². The summed E-state index contributed by atoms with van der Waals surface area (Å²) >= 11 is 0. The Balaban J connectivity index is 1.85. The Bertz CT molecular complexity index is 526. The van der Waals surface area contributed by atoms with Crippen molar-refractivity contribution in [2.45, 2.75) is 6.42 Å². The molecule has 2 rings (SSSR count). The van der Waals surface area contributed by atoms with E-state index in [9.17, 15) is 4.79 Å². The first-order valence-corrected chi connectivity index (χ1v) is 5.86. The van der Waals surface area contributed by atoms with Crippen LogP contribution in [0.1, 0.15) is 15.9 Å². The average Bonchev–Trinajstić information content (AvgIpc) is 2.48. The van der Waals surface area contributed by atoms with E-state index < -0.39 is 0 Å². The molecular formula is C14H14N2O3. The largest absolute Gasteiger partial charge is 0.465 e. The van der Waals surface area contributed by atoms with Gasteiger partial charge in [0, 0.05) is 18.8 Å². The Kier molecular flexibility index (Phi) is 4.44. The van der Waals surface area contributed by atoms with Crippen molar-refractivity contribution in [2.75, 3.05) is 13.7 Å². The van der Waals surface area contributed by atoms with Gasteiger partial charge in [-0.3, -0.25) is 0 Å². The van der Waals surface area contributed by atoms with Crippen molar-refractivity contribution in [1.29, 1.82) is 0 Å². The van der Waals surface area contributed by atoms with Gasteiger partial charge in [0.15, 0.2) is 0 Å². The van der Waals surface area contributed by atoms with Crippen LogP contribution in [-0.4, -0.2) is 29.7 Å². The second kappa shape index (κ2) is 6.49. The number of benzene rings is 1. The molecule has 0 spiro atoms. The third kappa shape index (κ3) is 3.77. The van der Waals surface area contributed by atoms with Crippen molar-refractivity contribution in [1.82, 2.24) is 9.97 Å². The lowest BCUT2D eigenvalue weighted by atomic mass is 10.1. The van der Waals surface area contributed by atoms with E-state index in [1.807, 2.05) is 12.1 Å². The molecule has 0 unspecified atom stereocenters. The number of nitrogens with zero attached hydrogens (tertiary/aromatic N) is 2. The summed E-state index contributed by atoms with van der Waals surface area (Å²) in [5.41, 5.74) is 1.61. The maximum Gasteiger partial charge on any atom is 0.337 e. The summed E-state index contributed by atoms with van der Waals surface area (Å²) < 4.78 is 10.0. The molecule has 0 atom stereocenters. The van der Waals surface area contributed by atoms with Crippen LogP contribution < -0.4 is 4.74 Å². The van der Waals surface area contributed by atoms with Crippen LogP contribution in [0.4, 0.5) is 0 Å². The van der Waals surface area contributed by atoms with Crippen LogP contribution in [0.3, 0.4) is 0 Å². The van der Waals surface area contributed by atoms with Crippen LogP contribution in [0.5, 0.6) is 6.01 Å². The van der Waals surface area contributed by atoms with Gasteiger partial charge in [-0.15, -0.1) is 0 Å². The second-order valence-corrected chi connectivity index (χ2v) is 3.82. The predicted molar refractivity (Wildman–Crippen MR) is 69.0 cm³/mol. The Morgan fingerprint density at radius 2 is 1.84 bits per heavy atom. The minimum absolute atomic E-state index is 0.333. The fourth-order valence-electron chi connectivity index (χ4n) is 1.55. The quantitative estimate of drug-likeness (QED) is 0.766. The number of methoxy groups -OCH3 is 1. The minimum atomic E-state index is -0.333. The van der Waals surface area contributed by atoms with Crippen molar-refractivity contribution >= 4 is 5.97 Å². The molecule has 0 aliphatic heterocycles. The van der Waals surface area contributed by atoms with Gasteiger partial charge >= 0.3 is 12.0 Å². The molecule has 0 saturated heterocycles. The fraction of sp³-hybridized carbons (Fsp3) is 0.214. The number of hydrogen-bond acceptors (Lipinski definition) is 5. The standard InChI is InChI=1S/C14H14N2O3/c1-18-13(17)12-5-3-11(4-6-12)7-10-19-14-15-8-2-9-16-14/h2-6,8-9H,7,10H2,1H3. The lowest BCUT2D eigenvalue weighted by Crippen LogP contribution is -2.05. The molecule has 0 radical (unpaired) electrons. The first-order valence-electron chi connectivity index (χ1n) is 5.86.